The van der Waals surface area contributed by atoms with Crippen LogP contribution in [-0.2, 0) is 0 Å². The van der Waals surface area contributed by atoms with Gasteiger partial charge in [-0.3, -0.25) is 14.9 Å². The van der Waals surface area contributed by atoms with Crippen LogP contribution in [0.4, 0.5) is 10.8 Å². The number of aromatic nitrogens is 1. The Morgan fingerprint density at radius 2 is 1.83 bits per heavy atom. The lowest BCUT2D eigenvalue weighted by Crippen LogP contribution is -2.48. The molecule has 2 heterocycles. The highest BCUT2D eigenvalue weighted by molar-refractivity contribution is 7.22. The summed E-state index contributed by atoms with van der Waals surface area (Å²) in [5.74, 6) is -0.304. The van der Waals surface area contributed by atoms with Crippen molar-refractivity contribution in [2.24, 2.45) is 0 Å². The van der Waals surface area contributed by atoms with Crippen LogP contribution in [0.2, 0.25) is 10.0 Å². The summed E-state index contributed by atoms with van der Waals surface area (Å²) in [6.45, 7) is 4.16. The highest BCUT2D eigenvalue weighted by Gasteiger charge is 2.26. The molecule has 29 heavy (non-hydrogen) atoms. The number of aryl methyl sites for hydroxylation is 1. The molecule has 1 amide bonds. The quantitative estimate of drug-likeness (QED) is 0.423. The number of nitrogens with zero attached hydrogens (tertiary/aromatic N) is 4. The van der Waals surface area contributed by atoms with E-state index in [1.54, 1.807) is 16.2 Å². The fourth-order valence-corrected chi connectivity index (χ4v) is 4.85. The van der Waals surface area contributed by atoms with Crippen molar-refractivity contribution < 1.29 is 9.72 Å². The summed E-state index contributed by atoms with van der Waals surface area (Å²) in [6, 6.07) is 7.73. The molecule has 0 spiro atoms. The van der Waals surface area contributed by atoms with Crippen molar-refractivity contribution in [3.63, 3.8) is 0 Å². The van der Waals surface area contributed by atoms with E-state index in [2.05, 4.69) is 4.90 Å². The van der Waals surface area contributed by atoms with Gasteiger partial charge >= 0.3 is 0 Å². The van der Waals surface area contributed by atoms with Gasteiger partial charge in [0.05, 0.1) is 30.7 Å². The van der Waals surface area contributed by atoms with Crippen molar-refractivity contribution >= 4 is 61.5 Å². The minimum Gasteiger partial charge on any atom is -0.345 e. The molecular formula is C19H16Cl2N4O3S. The molecule has 0 N–H and O–H groups in total. The summed E-state index contributed by atoms with van der Waals surface area (Å²) in [5.41, 5.74) is 1.97. The normalized spacial score (nSPS) is 14.4. The summed E-state index contributed by atoms with van der Waals surface area (Å²) in [4.78, 5) is 31.8. The molecule has 10 heteroatoms. The number of carbonyl (C=O) groups is 1. The van der Waals surface area contributed by atoms with Crippen molar-refractivity contribution in [2.75, 3.05) is 31.1 Å². The van der Waals surface area contributed by atoms with Crippen LogP contribution in [0.1, 0.15) is 15.9 Å². The van der Waals surface area contributed by atoms with E-state index in [4.69, 9.17) is 28.2 Å². The second kappa shape index (κ2) is 7.78. The molecule has 4 rings (SSSR count). The number of piperazine rings is 1. The third kappa shape index (κ3) is 3.75. The Hall–Kier alpha value is -2.42. The van der Waals surface area contributed by atoms with E-state index < -0.39 is 4.92 Å². The second-order valence-corrected chi connectivity index (χ2v) is 8.53. The van der Waals surface area contributed by atoms with Crippen molar-refractivity contribution in [3.05, 3.63) is 61.6 Å². The zero-order valence-electron chi connectivity index (χ0n) is 15.4. The van der Waals surface area contributed by atoms with Gasteiger partial charge in [-0.2, -0.15) is 0 Å². The number of carbonyl (C=O) groups excluding carboxylic acids is 1. The topological polar surface area (TPSA) is 79.6 Å². The summed E-state index contributed by atoms with van der Waals surface area (Å²) < 4.78 is 0.962. The van der Waals surface area contributed by atoms with Gasteiger partial charge in [0.1, 0.15) is 0 Å². The van der Waals surface area contributed by atoms with Gasteiger partial charge in [-0.25, -0.2) is 4.98 Å². The standard InChI is InChI=1S/C19H16Cl2N4O3S/c1-11-2-4-15(21)17-16(11)22-19(29-17)24-8-6-23(7-9-24)18(26)13-10-12(25(27)28)3-5-14(13)20/h2-5,10H,6-9H2,1H3. The molecule has 1 fully saturated rings. The molecular weight excluding hydrogens is 435 g/mol. The largest absolute Gasteiger partial charge is 0.345 e. The van der Waals surface area contributed by atoms with Gasteiger partial charge in [0.2, 0.25) is 0 Å². The van der Waals surface area contributed by atoms with Crippen molar-refractivity contribution in [3.8, 4) is 0 Å². The maximum Gasteiger partial charge on any atom is 0.270 e. The number of halogens is 2. The molecule has 1 aromatic heterocycles. The van der Waals surface area contributed by atoms with Gasteiger partial charge in [0, 0.05) is 38.3 Å². The Morgan fingerprint density at radius 3 is 2.48 bits per heavy atom. The fourth-order valence-electron chi connectivity index (χ4n) is 3.29. The van der Waals surface area contributed by atoms with Crippen LogP contribution >= 0.6 is 34.5 Å². The Balaban J connectivity index is 1.51. The number of nitro groups is 1. The highest BCUT2D eigenvalue weighted by atomic mass is 35.5. The number of benzene rings is 2. The molecule has 150 valence electrons. The lowest BCUT2D eigenvalue weighted by Gasteiger charge is -2.34. The fraction of sp³-hybridized carbons (Fsp3) is 0.263. The predicted octanol–water partition coefficient (Wildman–Crippen LogP) is 4.78. The summed E-state index contributed by atoms with van der Waals surface area (Å²) in [5, 5.41) is 12.8. The number of hydrogen-bond donors (Lipinski definition) is 0. The van der Waals surface area contributed by atoms with Crippen molar-refractivity contribution in [1.29, 1.82) is 0 Å². The third-order valence-electron chi connectivity index (χ3n) is 4.91. The maximum absolute atomic E-state index is 12.8. The van der Waals surface area contributed by atoms with E-state index in [0.717, 1.165) is 20.9 Å². The number of hydrogen-bond acceptors (Lipinski definition) is 6. The molecule has 0 saturated carbocycles. The van der Waals surface area contributed by atoms with Gasteiger partial charge in [-0.15, -0.1) is 0 Å². The first-order valence-electron chi connectivity index (χ1n) is 8.89. The van der Waals surface area contributed by atoms with Crippen LogP contribution in [0, 0.1) is 17.0 Å². The number of anilines is 1. The number of non-ortho nitro benzene ring substituents is 1. The average molecular weight is 451 g/mol. The van der Waals surface area contributed by atoms with Gasteiger partial charge in [-0.05, 0) is 24.6 Å². The molecule has 1 aliphatic rings. The number of rotatable bonds is 3. The van der Waals surface area contributed by atoms with E-state index in [1.807, 2.05) is 19.1 Å². The minimum absolute atomic E-state index is 0.150. The van der Waals surface area contributed by atoms with Crippen LogP contribution in [0.3, 0.4) is 0 Å². The van der Waals surface area contributed by atoms with Crippen LogP contribution < -0.4 is 4.90 Å². The highest BCUT2D eigenvalue weighted by Crippen LogP contribution is 2.36. The van der Waals surface area contributed by atoms with Crippen LogP contribution in [0.25, 0.3) is 10.2 Å². The summed E-state index contributed by atoms with van der Waals surface area (Å²) >= 11 is 14.0. The number of nitro benzene ring substituents is 1. The molecule has 7 nitrogen and oxygen atoms in total. The number of thiazole rings is 1. The van der Waals surface area contributed by atoms with Crippen LogP contribution in [0.15, 0.2) is 30.3 Å². The number of amides is 1. The van der Waals surface area contributed by atoms with E-state index in [0.29, 0.717) is 31.2 Å². The minimum atomic E-state index is -0.536. The number of fused-ring (bicyclic) bond motifs is 1. The zero-order chi connectivity index (χ0) is 20.7. The average Bonchev–Trinajstić information content (AvgIpc) is 3.17. The smallest absolute Gasteiger partial charge is 0.270 e. The van der Waals surface area contributed by atoms with Gasteiger partial charge in [0.25, 0.3) is 11.6 Å². The van der Waals surface area contributed by atoms with E-state index in [1.165, 1.54) is 18.2 Å². The van der Waals surface area contributed by atoms with Gasteiger partial charge < -0.3 is 9.80 Å². The molecule has 0 aliphatic carbocycles. The summed E-state index contributed by atoms with van der Waals surface area (Å²) in [6.07, 6.45) is 0. The maximum atomic E-state index is 12.8. The second-order valence-electron chi connectivity index (χ2n) is 6.74. The molecule has 0 unspecified atom stereocenters. The summed E-state index contributed by atoms with van der Waals surface area (Å²) in [7, 11) is 0. The first-order chi connectivity index (χ1) is 13.8. The molecule has 0 radical (unpaired) electrons. The first kappa shape index (κ1) is 19.9. The van der Waals surface area contributed by atoms with Crippen LogP contribution in [-0.4, -0.2) is 46.9 Å². The molecule has 1 saturated heterocycles. The van der Waals surface area contributed by atoms with Crippen LogP contribution in [0.5, 0.6) is 0 Å². The Bertz CT molecular complexity index is 1090. The predicted molar refractivity (Wildman–Crippen MR) is 116 cm³/mol. The lowest BCUT2D eigenvalue weighted by molar-refractivity contribution is -0.384. The monoisotopic (exact) mass is 450 g/mol. The van der Waals surface area contributed by atoms with E-state index in [-0.39, 0.29) is 22.2 Å². The lowest BCUT2D eigenvalue weighted by atomic mass is 10.1. The zero-order valence-corrected chi connectivity index (χ0v) is 17.7. The van der Waals surface area contributed by atoms with E-state index in [9.17, 15) is 14.9 Å². The third-order valence-corrected chi connectivity index (χ3v) is 6.82. The molecule has 1 aliphatic heterocycles. The SMILES string of the molecule is Cc1ccc(Cl)c2sc(N3CCN(C(=O)c4cc([N+](=O)[O-])ccc4Cl)CC3)nc12. The first-order valence-corrected chi connectivity index (χ1v) is 10.5. The van der Waals surface area contributed by atoms with Gasteiger partial charge in [0.15, 0.2) is 5.13 Å². The Labute approximate surface area is 180 Å². The van der Waals surface area contributed by atoms with Crippen molar-refractivity contribution in [1.82, 2.24) is 9.88 Å². The molecule has 2 aromatic carbocycles. The van der Waals surface area contributed by atoms with E-state index >= 15 is 0 Å². The van der Waals surface area contributed by atoms with Crippen molar-refractivity contribution in [2.45, 2.75) is 6.92 Å². The molecule has 3 aromatic rings. The molecule has 0 atom stereocenters. The molecule has 0 bridgehead atoms. The Morgan fingerprint density at radius 1 is 1.14 bits per heavy atom. The Kier molecular flexibility index (Phi) is 5.33. The van der Waals surface area contributed by atoms with Gasteiger partial charge in [-0.1, -0.05) is 40.6 Å².